The van der Waals surface area contributed by atoms with Gasteiger partial charge in [0.1, 0.15) is 18.4 Å². The fraction of sp³-hybridized carbons (Fsp3) is 0.0909. The van der Waals surface area contributed by atoms with Gasteiger partial charge in [0.2, 0.25) is 0 Å². The summed E-state index contributed by atoms with van der Waals surface area (Å²) >= 11 is 1.59. The van der Waals surface area contributed by atoms with Crippen LogP contribution in [0.2, 0.25) is 0 Å². The molecule has 0 aliphatic rings. The lowest BCUT2D eigenvalue weighted by molar-refractivity contribution is 0.0948. The van der Waals surface area contributed by atoms with Crippen molar-refractivity contribution in [2.45, 2.75) is 13.1 Å². The van der Waals surface area contributed by atoms with Crippen molar-refractivity contribution >= 4 is 27.5 Å². The largest absolute Gasteiger partial charge is 0.457 e. The first kappa shape index (κ1) is 18.3. The Morgan fingerprint density at radius 2 is 1.93 bits per heavy atom. The Morgan fingerprint density at radius 3 is 2.73 bits per heavy atom. The zero-order chi connectivity index (χ0) is 20.3. The Labute approximate surface area is 176 Å². The first-order valence-corrected chi connectivity index (χ1v) is 10.2. The third kappa shape index (κ3) is 3.85. The number of hydrogen-bond donors (Lipinski definition) is 1. The van der Waals surface area contributed by atoms with Gasteiger partial charge in [0.15, 0.2) is 10.8 Å². The maximum atomic E-state index is 12.4. The molecule has 148 valence electrons. The maximum Gasteiger partial charge on any atom is 0.251 e. The van der Waals surface area contributed by atoms with E-state index in [2.05, 4.69) is 20.4 Å². The number of carbonyl (C=O) groups is 1. The molecule has 0 aliphatic heterocycles. The molecule has 0 saturated carbocycles. The van der Waals surface area contributed by atoms with E-state index < -0.39 is 0 Å². The van der Waals surface area contributed by atoms with Crippen LogP contribution in [0.15, 0.2) is 77.7 Å². The number of aromatic nitrogens is 4. The Morgan fingerprint density at radius 1 is 1.07 bits per heavy atom. The van der Waals surface area contributed by atoms with E-state index in [0.717, 1.165) is 20.8 Å². The summed E-state index contributed by atoms with van der Waals surface area (Å²) in [6, 6.07) is 19.2. The molecule has 0 saturated heterocycles. The Kier molecular flexibility index (Phi) is 4.82. The van der Waals surface area contributed by atoms with Gasteiger partial charge in [-0.15, -0.1) is 11.3 Å². The smallest absolute Gasteiger partial charge is 0.251 e. The monoisotopic (exact) mass is 415 g/mol. The zero-order valence-corrected chi connectivity index (χ0v) is 16.7. The molecule has 0 fully saturated rings. The number of carbonyl (C=O) groups excluding carboxylic acids is 1. The van der Waals surface area contributed by atoms with Crippen molar-refractivity contribution in [3.63, 3.8) is 0 Å². The van der Waals surface area contributed by atoms with Crippen LogP contribution in [0.1, 0.15) is 21.7 Å². The molecular formula is C22H17N5O2S. The summed E-state index contributed by atoms with van der Waals surface area (Å²) in [5.74, 6) is 1.23. The van der Waals surface area contributed by atoms with Gasteiger partial charge in [0.05, 0.1) is 23.3 Å². The van der Waals surface area contributed by atoms with Crippen LogP contribution in [-0.2, 0) is 13.1 Å². The number of rotatable bonds is 6. The van der Waals surface area contributed by atoms with Crippen LogP contribution in [0.3, 0.4) is 0 Å². The summed E-state index contributed by atoms with van der Waals surface area (Å²) < 4.78 is 8.73. The van der Waals surface area contributed by atoms with Gasteiger partial charge in [-0.05, 0) is 42.0 Å². The summed E-state index contributed by atoms with van der Waals surface area (Å²) in [4.78, 5) is 21.0. The summed E-state index contributed by atoms with van der Waals surface area (Å²) in [5.41, 5.74) is 2.59. The van der Waals surface area contributed by atoms with Crippen LogP contribution in [0, 0.1) is 0 Å². The number of hydrogen-bond acceptors (Lipinski definition) is 6. The Hall–Kier alpha value is -3.78. The highest BCUT2D eigenvalue weighted by Gasteiger charge is 2.12. The first-order valence-electron chi connectivity index (χ1n) is 9.39. The first-order chi connectivity index (χ1) is 14.7. The van der Waals surface area contributed by atoms with Gasteiger partial charge in [-0.3, -0.25) is 4.79 Å². The third-order valence-corrected chi connectivity index (χ3v) is 5.67. The lowest BCUT2D eigenvalue weighted by atomic mass is 10.1. The molecule has 1 amide bonds. The quantitative estimate of drug-likeness (QED) is 0.451. The number of benzene rings is 2. The van der Waals surface area contributed by atoms with Gasteiger partial charge in [0, 0.05) is 5.56 Å². The van der Waals surface area contributed by atoms with Crippen molar-refractivity contribution in [3.8, 4) is 10.8 Å². The van der Waals surface area contributed by atoms with Gasteiger partial charge < -0.3 is 9.73 Å². The molecule has 0 aliphatic carbocycles. The van der Waals surface area contributed by atoms with E-state index in [0.29, 0.717) is 30.2 Å². The second kappa shape index (κ2) is 7.92. The molecule has 0 radical (unpaired) electrons. The van der Waals surface area contributed by atoms with Crippen LogP contribution in [0.5, 0.6) is 0 Å². The van der Waals surface area contributed by atoms with Crippen LogP contribution in [0.4, 0.5) is 0 Å². The van der Waals surface area contributed by atoms with E-state index in [1.807, 2.05) is 48.5 Å². The van der Waals surface area contributed by atoms with Crippen molar-refractivity contribution < 1.29 is 9.21 Å². The number of nitrogens with one attached hydrogen (secondary N) is 1. The predicted molar refractivity (Wildman–Crippen MR) is 114 cm³/mol. The number of amides is 1. The third-order valence-electron chi connectivity index (χ3n) is 4.62. The van der Waals surface area contributed by atoms with Gasteiger partial charge in [-0.1, -0.05) is 24.3 Å². The molecule has 0 bridgehead atoms. The fourth-order valence-corrected chi connectivity index (χ4v) is 4.03. The minimum atomic E-state index is -0.153. The second-order valence-electron chi connectivity index (χ2n) is 6.73. The van der Waals surface area contributed by atoms with Gasteiger partial charge in [0.25, 0.3) is 5.91 Å². The van der Waals surface area contributed by atoms with E-state index >= 15 is 0 Å². The molecule has 1 N–H and O–H groups in total. The highest BCUT2D eigenvalue weighted by atomic mass is 32.1. The number of para-hydroxylation sites is 1. The topological polar surface area (TPSA) is 85.8 Å². The Balaban J connectivity index is 1.21. The molecular weight excluding hydrogens is 398 g/mol. The molecule has 0 unspecified atom stereocenters. The van der Waals surface area contributed by atoms with E-state index in [1.165, 1.54) is 6.33 Å². The number of thiazole rings is 1. The van der Waals surface area contributed by atoms with Crippen LogP contribution in [0.25, 0.3) is 21.0 Å². The zero-order valence-electron chi connectivity index (χ0n) is 15.9. The average molecular weight is 415 g/mol. The van der Waals surface area contributed by atoms with Crippen molar-refractivity contribution in [2.75, 3.05) is 0 Å². The van der Waals surface area contributed by atoms with E-state index in [4.69, 9.17) is 4.42 Å². The van der Waals surface area contributed by atoms with E-state index in [9.17, 15) is 4.79 Å². The minimum Gasteiger partial charge on any atom is -0.457 e. The lowest BCUT2D eigenvalue weighted by Crippen LogP contribution is -2.22. The van der Waals surface area contributed by atoms with Gasteiger partial charge in [-0.2, -0.15) is 5.10 Å². The van der Waals surface area contributed by atoms with E-state index in [-0.39, 0.29) is 5.91 Å². The predicted octanol–water partition coefficient (Wildman–Crippen LogP) is 4.13. The summed E-state index contributed by atoms with van der Waals surface area (Å²) in [6.45, 7) is 0.924. The number of nitrogens with zero attached hydrogens (tertiary/aromatic N) is 4. The van der Waals surface area contributed by atoms with Crippen molar-refractivity contribution in [2.24, 2.45) is 0 Å². The van der Waals surface area contributed by atoms with Crippen molar-refractivity contribution in [1.29, 1.82) is 0 Å². The number of fused-ring (bicyclic) bond motifs is 1. The standard InChI is InChI=1S/C22H17N5O2S/c28-21(16-7-5-15(6-8-16)12-27-14-23-13-25-27)24-11-17-9-10-19(29-17)22-26-18-3-1-2-4-20(18)30-22/h1-10,13-14H,11-12H2,(H,24,28). The van der Waals surface area contributed by atoms with Gasteiger partial charge >= 0.3 is 0 Å². The SMILES string of the molecule is O=C(NCc1ccc(-c2nc3ccccc3s2)o1)c1ccc(Cn2cncn2)cc1. The fourth-order valence-electron chi connectivity index (χ4n) is 3.10. The molecule has 30 heavy (non-hydrogen) atoms. The van der Waals surface area contributed by atoms with Crippen LogP contribution >= 0.6 is 11.3 Å². The highest BCUT2D eigenvalue weighted by Crippen LogP contribution is 2.31. The minimum absolute atomic E-state index is 0.153. The van der Waals surface area contributed by atoms with Crippen molar-refractivity contribution in [1.82, 2.24) is 25.1 Å². The molecule has 0 spiro atoms. The summed E-state index contributed by atoms with van der Waals surface area (Å²) in [7, 11) is 0. The van der Waals surface area contributed by atoms with Gasteiger partial charge in [-0.25, -0.2) is 14.6 Å². The molecule has 0 atom stereocenters. The summed E-state index contributed by atoms with van der Waals surface area (Å²) in [5, 5.41) is 7.81. The number of furan rings is 1. The molecule has 3 heterocycles. The van der Waals surface area contributed by atoms with E-state index in [1.54, 1.807) is 34.5 Å². The molecule has 2 aromatic carbocycles. The molecule has 7 nitrogen and oxygen atoms in total. The second-order valence-corrected chi connectivity index (χ2v) is 7.76. The lowest BCUT2D eigenvalue weighted by Gasteiger charge is -2.05. The average Bonchev–Trinajstić information content (AvgIpc) is 3.52. The molecule has 5 rings (SSSR count). The Bertz CT molecular complexity index is 1260. The summed E-state index contributed by atoms with van der Waals surface area (Å²) in [6.07, 6.45) is 3.16. The van der Waals surface area contributed by atoms with Crippen molar-refractivity contribution in [3.05, 3.63) is 90.2 Å². The van der Waals surface area contributed by atoms with Crippen LogP contribution < -0.4 is 5.32 Å². The highest BCUT2D eigenvalue weighted by molar-refractivity contribution is 7.21. The molecule has 8 heteroatoms. The molecule has 3 aromatic heterocycles. The maximum absolute atomic E-state index is 12.4. The molecule has 5 aromatic rings. The van der Waals surface area contributed by atoms with Crippen LogP contribution in [-0.4, -0.2) is 25.7 Å². The normalized spacial score (nSPS) is 11.1.